The first kappa shape index (κ1) is 14.2. The van der Waals surface area contributed by atoms with Gasteiger partial charge in [-0.3, -0.25) is 0 Å². The first-order valence-corrected chi connectivity index (χ1v) is 8.76. The predicted molar refractivity (Wildman–Crippen MR) is 82.8 cm³/mol. The summed E-state index contributed by atoms with van der Waals surface area (Å²) in [5.74, 6) is 0. The zero-order valence-electron chi connectivity index (χ0n) is 11.3. The first-order valence-electron chi connectivity index (χ1n) is 6.07. The predicted octanol–water partition coefficient (Wildman–Crippen LogP) is 3.36. The fourth-order valence-electron chi connectivity index (χ4n) is 2.11. The molecule has 0 N–H and O–H groups in total. The van der Waals surface area contributed by atoms with E-state index in [0.717, 1.165) is 10.0 Å². The third kappa shape index (κ3) is 2.47. The molecule has 0 bridgehead atoms. The highest BCUT2D eigenvalue weighted by molar-refractivity contribution is 9.10. The summed E-state index contributed by atoms with van der Waals surface area (Å²) in [6.07, 6.45) is 4.13. The van der Waals surface area contributed by atoms with Crippen LogP contribution in [0.25, 0.3) is 22.2 Å². The summed E-state index contributed by atoms with van der Waals surface area (Å²) in [4.78, 5) is 4.78. The van der Waals surface area contributed by atoms with Crippen molar-refractivity contribution in [1.82, 2.24) is 10.1 Å². The fraction of sp³-hybridized carbons (Fsp3) is 0.143. The molecule has 0 aliphatic heterocycles. The van der Waals surface area contributed by atoms with Crippen LogP contribution in [0.1, 0.15) is 5.56 Å². The molecule has 0 radical (unpaired) electrons. The number of halogens is 1. The Hall–Kier alpha value is -1.73. The second kappa shape index (κ2) is 4.92. The molecule has 0 fully saturated rings. The maximum atomic E-state index is 12.1. The van der Waals surface area contributed by atoms with Gasteiger partial charge < -0.3 is 4.52 Å². The number of hydrogen-bond acceptors (Lipinski definition) is 5. The average molecular weight is 367 g/mol. The molecular weight excluding hydrogens is 356 g/mol. The van der Waals surface area contributed by atoms with Gasteiger partial charge >= 0.3 is 0 Å². The number of sulfone groups is 1. The average Bonchev–Trinajstić information content (AvgIpc) is 2.95. The number of fused-ring (bicyclic) bond motifs is 1. The highest BCUT2D eigenvalue weighted by Crippen LogP contribution is 2.33. The zero-order chi connectivity index (χ0) is 15.2. The second-order valence-electron chi connectivity index (χ2n) is 4.78. The molecule has 0 aliphatic carbocycles. The molecule has 0 aliphatic rings. The van der Waals surface area contributed by atoms with Gasteiger partial charge in [-0.15, -0.1) is 0 Å². The van der Waals surface area contributed by atoms with Crippen LogP contribution >= 0.6 is 15.9 Å². The van der Waals surface area contributed by atoms with E-state index in [2.05, 4.69) is 26.1 Å². The van der Waals surface area contributed by atoms with E-state index in [4.69, 9.17) is 4.52 Å². The van der Waals surface area contributed by atoms with Gasteiger partial charge in [0.25, 0.3) is 0 Å². The monoisotopic (exact) mass is 366 g/mol. The lowest BCUT2D eigenvalue weighted by molar-refractivity contribution is 0.420. The Morgan fingerprint density at radius 3 is 2.67 bits per heavy atom. The molecule has 0 amide bonds. The van der Waals surface area contributed by atoms with Crippen LogP contribution in [-0.4, -0.2) is 24.8 Å². The van der Waals surface area contributed by atoms with E-state index in [-0.39, 0.29) is 4.90 Å². The van der Waals surface area contributed by atoms with Crippen molar-refractivity contribution in [3.05, 3.63) is 40.7 Å². The molecule has 1 aromatic carbocycles. The molecule has 0 saturated carbocycles. The third-order valence-corrected chi connectivity index (χ3v) is 5.34. The molecule has 21 heavy (non-hydrogen) atoms. The van der Waals surface area contributed by atoms with Gasteiger partial charge in [0.05, 0.1) is 27.9 Å². The fourth-order valence-corrected chi connectivity index (χ4v) is 3.44. The number of pyridine rings is 1. The summed E-state index contributed by atoms with van der Waals surface area (Å²) in [5, 5.41) is 4.23. The van der Waals surface area contributed by atoms with E-state index in [1.165, 1.54) is 18.7 Å². The molecule has 3 aromatic rings. The Bertz CT molecular complexity index is 935. The Morgan fingerprint density at radius 2 is 2.05 bits per heavy atom. The third-order valence-electron chi connectivity index (χ3n) is 3.20. The van der Waals surface area contributed by atoms with E-state index in [1.807, 2.05) is 13.0 Å². The number of benzene rings is 1. The minimum Gasteiger partial charge on any atom is -0.364 e. The van der Waals surface area contributed by atoms with Gasteiger partial charge in [0.1, 0.15) is 6.26 Å². The summed E-state index contributed by atoms with van der Waals surface area (Å²) in [6.45, 7) is 1.93. The number of nitrogens with zero attached hydrogens (tertiary/aromatic N) is 2. The first-order chi connectivity index (χ1) is 9.88. The SMILES string of the molecule is Cc1ccc2c(S(C)(=O)=O)cc(-c3cnoc3)nc2c1Br. The van der Waals surface area contributed by atoms with Crippen molar-refractivity contribution >= 4 is 36.7 Å². The quantitative estimate of drug-likeness (QED) is 0.695. The lowest BCUT2D eigenvalue weighted by Gasteiger charge is -2.10. The summed E-state index contributed by atoms with van der Waals surface area (Å²) in [6, 6.07) is 5.18. The summed E-state index contributed by atoms with van der Waals surface area (Å²) >= 11 is 3.48. The van der Waals surface area contributed by atoms with E-state index >= 15 is 0 Å². The van der Waals surface area contributed by atoms with Crippen molar-refractivity contribution in [3.63, 3.8) is 0 Å². The van der Waals surface area contributed by atoms with Crippen LogP contribution in [0.15, 0.2) is 44.6 Å². The largest absolute Gasteiger partial charge is 0.364 e. The Kier molecular flexibility index (Phi) is 3.33. The topological polar surface area (TPSA) is 73.1 Å². The van der Waals surface area contributed by atoms with Crippen LogP contribution in [0.3, 0.4) is 0 Å². The summed E-state index contributed by atoms with van der Waals surface area (Å²) in [5.41, 5.74) is 2.73. The normalized spacial score (nSPS) is 12.0. The smallest absolute Gasteiger partial charge is 0.176 e. The maximum absolute atomic E-state index is 12.1. The van der Waals surface area contributed by atoms with Crippen LogP contribution < -0.4 is 0 Å². The van der Waals surface area contributed by atoms with Gasteiger partial charge in [0.15, 0.2) is 9.84 Å². The Balaban J connectivity index is 2.47. The highest BCUT2D eigenvalue weighted by Gasteiger charge is 2.18. The number of aryl methyl sites for hydroxylation is 1. The minimum atomic E-state index is -3.38. The Labute approximate surface area is 130 Å². The van der Waals surface area contributed by atoms with Gasteiger partial charge in [-0.05, 0) is 34.5 Å². The summed E-state index contributed by atoms with van der Waals surface area (Å²) < 4.78 is 29.8. The molecule has 3 rings (SSSR count). The molecule has 2 heterocycles. The van der Waals surface area contributed by atoms with Crippen LogP contribution in [0.5, 0.6) is 0 Å². The van der Waals surface area contributed by atoms with Gasteiger partial charge in [0.2, 0.25) is 0 Å². The van der Waals surface area contributed by atoms with Crippen LogP contribution in [0, 0.1) is 6.92 Å². The molecule has 108 valence electrons. The van der Waals surface area contributed by atoms with Crippen molar-refractivity contribution in [1.29, 1.82) is 0 Å². The number of aromatic nitrogens is 2. The minimum absolute atomic E-state index is 0.240. The molecule has 5 nitrogen and oxygen atoms in total. The van der Waals surface area contributed by atoms with E-state index in [9.17, 15) is 8.42 Å². The molecule has 0 atom stereocenters. The van der Waals surface area contributed by atoms with Crippen molar-refractivity contribution in [2.45, 2.75) is 11.8 Å². The van der Waals surface area contributed by atoms with Crippen molar-refractivity contribution in [2.75, 3.05) is 6.26 Å². The number of rotatable bonds is 2. The molecule has 7 heteroatoms. The van der Waals surface area contributed by atoms with Gasteiger partial charge in [-0.2, -0.15) is 0 Å². The van der Waals surface area contributed by atoms with Crippen molar-refractivity contribution in [2.24, 2.45) is 0 Å². The lowest BCUT2D eigenvalue weighted by Crippen LogP contribution is -2.01. The maximum Gasteiger partial charge on any atom is 0.176 e. The standard InChI is InChI=1S/C14H11BrN2O3S/c1-8-3-4-10-12(21(2,18)19)5-11(9-6-16-20-7-9)17-14(10)13(8)15/h3-7H,1-2H3. The zero-order valence-corrected chi connectivity index (χ0v) is 13.7. The van der Waals surface area contributed by atoms with Crippen molar-refractivity contribution in [3.8, 4) is 11.3 Å². The second-order valence-corrected chi connectivity index (χ2v) is 7.56. The number of hydrogen-bond donors (Lipinski definition) is 0. The molecule has 2 aromatic heterocycles. The van der Waals surface area contributed by atoms with Crippen LogP contribution in [0.4, 0.5) is 0 Å². The lowest BCUT2D eigenvalue weighted by atomic mass is 10.1. The summed E-state index contributed by atoms with van der Waals surface area (Å²) in [7, 11) is -3.38. The van der Waals surface area contributed by atoms with Crippen LogP contribution in [0.2, 0.25) is 0 Å². The van der Waals surface area contributed by atoms with Crippen LogP contribution in [-0.2, 0) is 9.84 Å². The molecular formula is C14H11BrN2O3S. The molecule has 0 saturated heterocycles. The van der Waals surface area contributed by atoms with Gasteiger partial charge in [-0.25, -0.2) is 13.4 Å². The van der Waals surface area contributed by atoms with E-state index < -0.39 is 9.84 Å². The van der Waals surface area contributed by atoms with Gasteiger partial charge in [-0.1, -0.05) is 17.3 Å². The molecule has 0 unspecified atom stereocenters. The van der Waals surface area contributed by atoms with Crippen molar-refractivity contribution < 1.29 is 12.9 Å². The Morgan fingerprint density at radius 1 is 1.29 bits per heavy atom. The van der Waals surface area contributed by atoms with Gasteiger partial charge in [0, 0.05) is 16.1 Å². The molecule has 0 spiro atoms. The van der Waals surface area contributed by atoms with E-state index in [1.54, 1.807) is 12.1 Å². The highest BCUT2D eigenvalue weighted by atomic mass is 79.9. The van der Waals surface area contributed by atoms with E-state index in [0.29, 0.717) is 22.2 Å².